The van der Waals surface area contributed by atoms with Crippen LogP contribution in [0.3, 0.4) is 0 Å². The molecule has 0 amide bonds. The molecule has 0 saturated heterocycles. The second-order valence-electron chi connectivity index (χ2n) is 3.97. The minimum absolute atomic E-state index is 0.0549. The maximum atomic E-state index is 8.80. The molecule has 2 aromatic rings. The number of hydrogen-bond acceptors (Lipinski definition) is 4. The summed E-state index contributed by atoms with van der Waals surface area (Å²) in [7, 11) is 0. The normalized spacial score (nSPS) is 11.4. The van der Waals surface area contributed by atoms with Crippen LogP contribution in [0.1, 0.15) is 11.3 Å². The third-order valence-corrected chi connectivity index (χ3v) is 3.60. The maximum Gasteiger partial charge on any atom is 0.230 e. The average Bonchev–Trinajstić information content (AvgIpc) is 2.41. The largest absolute Gasteiger partial charge is 0.437 e. The predicted octanol–water partition coefficient (Wildman–Crippen LogP) is 3.80. The Morgan fingerprint density at radius 3 is 2.70 bits per heavy atom. The van der Waals surface area contributed by atoms with Gasteiger partial charge in [-0.1, -0.05) is 21.1 Å². The van der Waals surface area contributed by atoms with Crippen molar-refractivity contribution < 1.29 is 9.94 Å². The number of hydrogen-bond donors (Lipinski definition) is 2. The van der Waals surface area contributed by atoms with Crippen LogP contribution in [-0.2, 0) is 0 Å². The summed E-state index contributed by atoms with van der Waals surface area (Å²) in [4.78, 5) is 4.27. The Balaban J connectivity index is 2.44. The molecule has 1 aromatic heterocycles. The molecule has 1 heterocycles. The highest BCUT2D eigenvalue weighted by atomic mass is 79.9. The highest BCUT2D eigenvalue weighted by Gasteiger charge is 2.13. The molecule has 5 nitrogen and oxygen atoms in total. The number of ether oxygens (including phenoxy) is 1. The standard InChI is InChI=1S/C13H11Br2N3O2/c1-7-2-4-9(12(16)18-19)13(17-7)20-11-5-3-8(14)6-10(11)15/h2-6,19H,1H3,(H2,16,18). The molecular weight excluding hydrogens is 390 g/mol. The van der Waals surface area contributed by atoms with E-state index in [4.69, 9.17) is 15.7 Å². The highest BCUT2D eigenvalue weighted by molar-refractivity contribution is 9.11. The molecule has 0 atom stereocenters. The van der Waals surface area contributed by atoms with Gasteiger partial charge in [-0.3, -0.25) is 0 Å². The van der Waals surface area contributed by atoms with E-state index >= 15 is 0 Å². The van der Waals surface area contributed by atoms with Gasteiger partial charge in [-0.25, -0.2) is 4.98 Å². The fourth-order valence-corrected chi connectivity index (χ4v) is 2.65. The zero-order valence-electron chi connectivity index (χ0n) is 10.5. The van der Waals surface area contributed by atoms with E-state index in [2.05, 4.69) is 42.0 Å². The van der Waals surface area contributed by atoms with Crippen molar-refractivity contribution in [1.29, 1.82) is 0 Å². The molecule has 20 heavy (non-hydrogen) atoms. The van der Waals surface area contributed by atoms with Gasteiger partial charge in [0.1, 0.15) is 5.75 Å². The first-order valence-electron chi connectivity index (χ1n) is 5.59. The van der Waals surface area contributed by atoms with Crippen LogP contribution in [-0.4, -0.2) is 16.0 Å². The van der Waals surface area contributed by atoms with Gasteiger partial charge in [0.15, 0.2) is 5.84 Å². The zero-order valence-corrected chi connectivity index (χ0v) is 13.6. The Bertz CT molecular complexity index is 675. The third-order valence-electron chi connectivity index (χ3n) is 2.48. The highest BCUT2D eigenvalue weighted by Crippen LogP contribution is 2.32. The number of nitrogens with zero attached hydrogens (tertiary/aromatic N) is 2. The number of aryl methyl sites for hydroxylation is 1. The Morgan fingerprint density at radius 1 is 1.30 bits per heavy atom. The Kier molecular flexibility index (Phi) is 4.61. The SMILES string of the molecule is Cc1ccc(C(N)=NO)c(Oc2ccc(Br)cc2Br)n1. The van der Waals surface area contributed by atoms with Gasteiger partial charge >= 0.3 is 0 Å². The lowest BCUT2D eigenvalue weighted by molar-refractivity contribution is 0.318. The maximum absolute atomic E-state index is 8.80. The molecule has 104 valence electrons. The molecule has 2 rings (SSSR count). The Labute approximate surface area is 132 Å². The van der Waals surface area contributed by atoms with Gasteiger partial charge in [-0.05, 0) is 53.2 Å². The minimum Gasteiger partial charge on any atom is -0.437 e. The molecule has 0 aliphatic heterocycles. The van der Waals surface area contributed by atoms with Crippen LogP contribution in [0, 0.1) is 6.92 Å². The van der Waals surface area contributed by atoms with Crippen molar-refractivity contribution >= 4 is 37.7 Å². The number of oxime groups is 1. The summed E-state index contributed by atoms with van der Waals surface area (Å²) in [6, 6.07) is 8.94. The Morgan fingerprint density at radius 2 is 2.05 bits per heavy atom. The lowest BCUT2D eigenvalue weighted by Gasteiger charge is -2.11. The number of benzene rings is 1. The molecule has 0 saturated carbocycles. The van der Waals surface area contributed by atoms with Crippen molar-refractivity contribution in [2.75, 3.05) is 0 Å². The van der Waals surface area contributed by atoms with Crippen molar-refractivity contribution in [2.24, 2.45) is 10.9 Å². The fourth-order valence-electron chi connectivity index (χ4n) is 1.52. The first kappa shape index (κ1) is 14.8. The summed E-state index contributed by atoms with van der Waals surface area (Å²) in [5.74, 6) is 0.808. The summed E-state index contributed by atoms with van der Waals surface area (Å²) in [5, 5.41) is 11.8. The van der Waals surface area contributed by atoms with Crippen LogP contribution in [0.25, 0.3) is 0 Å². The zero-order chi connectivity index (χ0) is 14.7. The monoisotopic (exact) mass is 399 g/mol. The molecule has 0 fully saturated rings. The van der Waals surface area contributed by atoms with Gasteiger partial charge in [0.2, 0.25) is 5.88 Å². The quantitative estimate of drug-likeness (QED) is 0.355. The first-order chi connectivity index (χ1) is 9.51. The molecule has 0 radical (unpaired) electrons. The summed E-state index contributed by atoms with van der Waals surface area (Å²) in [6.07, 6.45) is 0. The molecule has 0 bridgehead atoms. The molecule has 0 aliphatic rings. The van der Waals surface area contributed by atoms with Crippen LogP contribution in [0.2, 0.25) is 0 Å². The second kappa shape index (κ2) is 6.23. The van der Waals surface area contributed by atoms with Gasteiger partial charge in [0, 0.05) is 10.2 Å². The fraction of sp³-hybridized carbons (Fsp3) is 0.0769. The van der Waals surface area contributed by atoms with Crippen LogP contribution >= 0.6 is 31.9 Å². The van der Waals surface area contributed by atoms with E-state index in [1.807, 2.05) is 19.1 Å². The van der Waals surface area contributed by atoms with Crippen LogP contribution in [0.5, 0.6) is 11.6 Å². The van der Waals surface area contributed by atoms with E-state index in [-0.39, 0.29) is 11.7 Å². The van der Waals surface area contributed by atoms with Crippen molar-refractivity contribution in [1.82, 2.24) is 4.98 Å². The van der Waals surface area contributed by atoms with Gasteiger partial charge in [0.05, 0.1) is 10.0 Å². The first-order valence-corrected chi connectivity index (χ1v) is 7.18. The van der Waals surface area contributed by atoms with E-state index in [0.717, 1.165) is 14.6 Å². The number of halogens is 2. The molecule has 1 aromatic carbocycles. The predicted molar refractivity (Wildman–Crippen MR) is 83.4 cm³/mol. The number of aromatic nitrogens is 1. The van der Waals surface area contributed by atoms with E-state index in [1.165, 1.54) is 0 Å². The molecule has 3 N–H and O–H groups in total. The lowest BCUT2D eigenvalue weighted by Crippen LogP contribution is -2.15. The van der Waals surface area contributed by atoms with E-state index in [9.17, 15) is 0 Å². The van der Waals surface area contributed by atoms with Crippen LogP contribution in [0.4, 0.5) is 0 Å². The molecule has 0 aliphatic carbocycles. The number of amidine groups is 1. The molecule has 0 unspecified atom stereocenters. The average molecular weight is 401 g/mol. The van der Waals surface area contributed by atoms with Gasteiger partial charge in [0.25, 0.3) is 0 Å². The smallest absolute Gasteiger partial charge is 0.230 e. The van der Waals surface area contributed by atoms with Crippen molar-refractivity contribution in [3.05, 3.63) is 50.5 Å². The van der Waals surface area contributed by atoms with E-state index in [0.29, 0.717) is 11.3 Å². The number of pyridine rings is 1. The minimum atomic E-state index is -0.0549. The summed E-state index contributed by atoms with van der Waals surface area (Å²) < 4.78 is 7.43. The number of rotatable bonds is 3. The van der Waals surface area contributed by atoms with Gasteiger partial charge in [-0.2, -0.15) is 0 Å². The summed E-state index contributed by atoms with van der Waals surface area (Å²) >= 11 is 6.78. The second-order valence-corrected chi connectivity index (χ2v) is 5.74. The van der Waals surface area contributed by atoms with Gasteiger partial charge in [-0.15, -0.1) is 0 Å². The van der Waals surface area contributed by atoms with Crippen LogP contribution in [0.15, 0.2) is 44.4 Å². The molecular formula is C13H11Br2N3O2. The van der Waals surface area contributed by atoms with Crippen LogP contribution < -0.4 is 10.5 Å². The van der Waals surface area contributed by atoms with E-state index in [1.54, 1.807) is 18.2 Å². The van der Waals surface area contributed by atoms with Crippen molar-refractivity contribution in [3.63, 3.8) is 0 Å². The molecule has 7 heteroatoms. The third kappa shape index (κ3) is 3.29. The number of nitrogens with two attached hydrogens (primary N) is 1. The Hall–Kier alpha value is -1.60. The topological polar surface area (TPSA) is 80.7 Å². The summed E-state index contributed by atoms with van der Waals surface area (Å²) in [6.45, 7) is 1.83. The summed E-state index contributed by atoms with van der Waals surface area (Å²) in [5.41, 5.74) is 6.81. The van der Waals surface area contributed by atoms with Gasteiger partial charge < -0.3 is 15.7 Å². The van der Waals surface area contributed by atoms with Crippen molar-refractivity contribution in [3.8, 4) is 11.6 Å². The van der Waals surface area contributed by atoms with E-state index < -0.39 is 0 Å². The molecule has 0 spiro atoms. The lowest BCUT2D eigenvalue weighted by atomic mass is 10.2. The van der Waals surface area contributed by atoms with Crippen molar-refractivity contribution in [2.45, 2.75) is 6.92 Å².